The molecule has 2 aromatic heterocycles. The summed E-state index contributed by atoms with van der Waals surface area (Å²) in [6.07, 6.45) is 0.158. The summed E-state index contributed by atoms with van der Waals surface area (Å²) in [5.74, 6) is -2.08. The van der Waals surface area contributed by atoms with Gasteiger partial charge in [-0.15, -0.1) is 0 Å². The number of carbonyl (C=O) groups excluding carboxylic acids is 3. The standard InChI is InChI=1S/C35H60N7O20P3S/c1-35(2,30(49)33(50)38-14-13-24(44)37-15-16-66-26(47)17-22(43)11-9-7-5-3-4-6-8-10-12-25(45)46)19-59-65(56,57)62-64(54,55)58-18-23-29(61-63(51,52)53)28(48)34(60-23)42-21-41-27-31(36)39-20-40-32(27)42/h20-23,28-30,34,43,48-49H,3-19H2,1-2H3,(H,37,44)(H,38,50)(H,45,46)(H,54,55)(H,56,57)(H2,36,39,40)(H2,51,52,53)/t22-,23+,28+,29+,30-,34+/m0/s1. The van der Waals surface area contributed by atoms with Crippen LogP contribution in [0.3, 0.4) is 0 Å². The third-order valence-electron chi connectivity index (χ3n) is 9.85. The van der Waals surface area contributed by atoms with E-state index in [2.05, 4.69) is 34.4 Å². The molecule has 8 atom stereocenters. The molecule has 1 aliphatic heterocycles. The van der Waals surface area contributed by atoms with Crippen LogP contribution >= 0.6 is 35.2 Å². The van der Waals surface area contributed by atoms with Gasteiger partial charge in [-0.05, 0) is 12.8 Å². The van der Waals surface area contributed by atoms with E-state index in [0.29, 0.717) is 12.8 Å². The van der Waals surface area contributed by atoms with Crippen molar-refractivity contribution in [1.82, 2.24) is 30.2 Å². The minimum atomic E-state index is -5.60. The molecular weight excluding hydrogens is 963 g/mol. The first-order valence-electron chi connectivity index (χ1n) is 20.8. The van der Waals surface area contributed by atoms with Crippen LogP contribution in [0.25, 0.3) is 11.2 Å². The zero-order chi connectivity index (χ0) is 49.3. The van der Waals surface area contributed by atoms with Crippen molar-refractivity contribution in [3.05, 3.63) is 12.7 Å². The topological polar surface area (TPSA) is 421 Å². The summed E-state index contributed by atoms with van der Waals surface area (Å²) in [5.41, 5.74) is 4.22. The van der Waals surface area contributed by atoms with Gasteiger partial charge in [-0.3, -0.25) is 37.3 Å². The molecule has 2 unspecified atom stereocenters. The number of phosphoric acid groups is 3. The molecule has 2 amide bonds. The van der Waals surface area contributed by atoms with Gasteiger partial charge < -0.3 is 61.1 Å². The number of aliphatic carboxylic acids is 1. The number of rotatable bonds is 32. The second-order valence-corrected chi connectivity index (χ2v) is 21.3. The molecule has 31 heteroatoms. The number of anilines is 1. The number of aliphatic hydroxyl groups excluding tert-OH is 3. The Balaban J connectivity index is 1.34. The number of fused-ring (bicyclic) bond motifs is 1. The Labute approximate surface area is 383 Å². The van der Waals surface area contributed by atoms with E-state index < -0.39 is 96.6 Å². The van der Waals surface area contributed by atoms with Crippen LogP contribution in [0.2, 0.25) is 0 Å². The molecule has 0 bridgehead atoms. The molecule has 0 aliphatic carbocycles. The summed E-state index contributed by atoms with van der Waals surface area (Å²) in [7, 11) is -16.5. The Hall–Kier alpha value is -3.01. The van der Waals surface area contributed by atoms with E-state index in [1.54, 1.807) is 0 Å². The number of phosphoric ester groups is 3. The van der Waals surface area contributed by atoms with E-state index in [0.717, 1.165) is 73.9 Å². The number of thioether (sulfide) groups is 1. The maximum Gasteiger partial charge on any atom is 0.481 e. The number of imidazole rings is 1. The summed E-state index contributed by atoms with van der Waals surface area (Å²) in [4.78, 5) is 98.7. The van der Waals surface area contributed by atoms with Gasteiger partial charge >= 0.3 is 29.4 Å². The number of nitrogens with zero attached hydrogens (tertiary/aromatic N) is 4. The van der Waals surface area contributed by atoms with Crippen molar-refractivity contribution in [3.8, 4) is 0 Å². The Morgan fingerprint density at radius 2 is 1.55 bits per heavy atom. The molecule has 0 spiro atoms. The molecule has 0 radical (unpaired) electrons. The molecule has 1 saturated heterocycles. The highest BCUT2D eigenvalue weighted by molar-refractivity contribution is 8.13. The zero-order valence-corrected chi connectivity index (χ0v) is 39.7. The van der Waals surface area contributed by atoms with E-state index in [1.807, 2.05) is 0 Å². The number of aromatic nitrogens is 4. The Morgan fingerprint density at radius 1 is 0.909 bits per heavy atom. The van der Waals surface area contributed by atoms with Crippen molar-refractivity contribution in [2.24, 2.45) is 5.41 Å². The molecule has 376 valence electrons. The fourth-order valence-corrected chi connectivity index (χ4v) is 9.94. The average molecular weight is 1020 g/mol. The van der Waals surface area contributed by atoms with Gasteiger partial charge in [-0.2, -0.15) is 4.31 Å². The number of ether oxygens (including phenoxy) is 1. The van der Waals surface area contributed by atoms with Crippen LogP contribution in [0, 0.1) is 5.41 Å². The summed E-state index contributed by atoms with van der Waals surface area (Å²) in [6, 6.07) is 0. The van der Waals surface area contributed by atoms with Crippen LogP contribution in [0.15, 0.2) is 12.7 Å². The van der Waals surface area contributed by atoms with Gasteiger partial charge in [0.15, 0.2) is 22.8 Å². The second-order valence-electron chi connectivity index (χ2n) is 15.9. The smallest absolute Gasteiger partial charge is 0.481 e. The molecular formula is C35H60N7O20P3S. The predicted octanol–water partition coefficient (Wildman–Crippen LogP) is 1.40. The van der Waals surface area contributed by atoms with Crippen LogP contribution in [0.5, 0.6) is 0 Å². The lowest BCUT2D eigenvalue weighted by atomic mass is 9.87. The number of carbonyl (C=O) groups is 4. The highest BCUT2D eigenvalue weighted by atomic mass is 32.2. The lowest BCUT2D eigenvalue weighted by Crippen LogP contribution is -2.46. The van der Waals surface area contributed by atoms with Crippen LogP contribution in [0.1, 0.15) is 97.1 Å². The quantitative estimate of drug-likeness (QED) is 0.0364. The molecule has 12 N–H and O–H groups in total. The minimum Gasteiger partial charge on any atom is -0.481 e. The monoisotopic (exact) mass is 1020 g/mol. The van der Waals surface area contributed by atoms with Crippen LogP contribution in [-0.4, -0.2) is 145 Å². The molecule has 3 heterocycles. The normalized spacial score (nSPS) is 20.6. The maximum atomic E-state index is 12.7. The number of nitrogen functional groups attached to an aromatic ring is 1. The summed E-state index contributed by atoms with van der Waals surface area (Å²) < 4.78 is 62.3. The first-order valence-corrected chi connectivity index (χ1v) is 26.3. The molecule has 27 nitrogen and oxygen atoms in total. The Morgan fingerprint density at radius 3 is 2.20 bits per heavy atom. The van der Waals surface area contributed by atoms with Crippen LogP contribution in [-0.2, 0) is 55.5 Å². The number of carboxylic acid groups (broad SMARTS) is 1. The van der Waals surface area contributed by atoms with Crippen molar-refractivity contribution >= 4 is 75.1 Å². The Bertz CT molecular complexity index is 2060. The lowest BCUT2D eigenvalue weighted by Gasteiger charge is -2.30. The Kier molecular flexibility index (Phi) is 23.2. The number of nitrogens with one attached hydrogen (secondary N) is 2. The molecule has 66 heavy (non-hydrogen) atoms. The van der Waals surface area contributed by atoms with Crippen molar-refractivity contribution in [1.29, 1.82) is 0 Å². The zero-order valence-electron chi connectivity index (χ0n) is 36.2. The fourth-order valence-electron chi connectivity index (χ4n) is 6.37. The highest BCUT2D eigenvalue weighted by Crippen LogP contribution is 2.61. The summed E-state index contributed by atoms with van der Waals surface area (Å²) >= 11 is 0.960. The largest absolute Gasteiger partial charge is 0.481 e. The van der Waals surface area contributed by atoms with Crippen molar-refractivity contribution in [2.75, 3.05) is 37.8 Å². The molecule has 1 aliphatic rings. The minimum absolute atomic E-state index is 0.0214. The molecule has 2 aromatic rings. The number of aliphatic hydroxyl groups is 3. The molecule has 3 rings (SSSR count). The van der Waals surface area contributed by atoms with Crippen LogP contribution in [0.4, 0.5) is 5.82 Å². The summed E-state index contributed by atoms with van der Waals surface area (Å²) in [6.45, 7) is 0.305. The van der Waals surface area contributed by atoms with Gasteiger partial charge in [0.25, 0.3) is 0 Å². The highest BCUT2D eigenvalue weighted by Gasteiger charge is 2.50. The van der Waals surface area contributed by atoms with Gasteiger partial charge in [-0.25, -0.2) is 28.6 Å². The van der Waals surface area contributed by atoms with Crippen LogP contribution < -0.4 is 16.4 Å². The van der Waals surface area contributed by atoms with E-state index in [1.165, 1.54) is 13.8 Å². The number of hydrogen-bond acceptors (Lipinski definition) is 20. The number of unbranched alkanes of at least 4 members (excludes halogenated alkanes) is 7. The van der Waals surface area contributed by atoms with Gasteiger partial charge in [0.05, 0.1) is 25.6 Å². The summed E-state index contributed by atoms with van der Waals surface area (Å²) in [5, 5.41) is 45.0. The number of nitrogens with two attached hydrogens (primary N) is 1. The predicted molar refractivity (Wildman–Crippen MR) is 232 cm³/mol. The number of amides is 2. The van der Waals surface area contributed by atoms with E-state index >= 15 is 0 Å². The van der Waals surface area contributed by atoms with Gasteiger partial charge in [0, 0.05) is 43.5 Å². The van der Waals surface area contributed by atoms with Gasteiger partial charge in [0.1, 0.15) is 36.3 Å². The fraction of sp³-hybridized carbons (Fsp3) is 0.743. The third kappa shape index (κ3) is 20.3. The van der Waals surface area contributed by atoms with Crippen molar-refractivity contribution in [3.63, 3.8) is 0 Å². The maximum absolute atomic E-state index is 12.7. The van der Waals surface area contributed by atoms with Gasteiger partial charge in [-0.1, -0.05) is 70.6 Å². The number of hydrogen-bond donors (Lipinski definition) is 11. The first-order chi connectivity index (χ1) is 30.8. The van der Waals surface area contributed by atoms with E-state index in [4.69, 9.17) is 24.6 Å². The van der Waals surface area contributed by atoms with Gasteiger partial charge in [0.2, 0.25) is 11.8 Å². The van der Waals surface area contributed by atoms with Crippen molar-refractivity contribution < 1.29 is 95.5 Å². The first kappa shape index (κ1) is 57.3. The lowest BCUT2D eigenvalue weighted by molar-refractivity contribution is -0.137. The number of carboxylic acids is 1. The molecule has 1 fully saturated rings. The molecule has 0 aromatic carbocycles. The van der Waals surface area contributed by atoms with E-state index in [-0.39, 0.29) is 60.2 Å². The third-order valence-corrected chi connectivity index (χ3v) is 13.8. The SMILES string of the molecule is CC(C)(COP(=O)(O)OP(=O)(O)OC[C@H]1O[C@@H](n2cnc3c(N)ncnc32)[C@H](O)[C@@H]1OP(=O)(O)O)[C@@H](O)C(=O)NCCC(=O)NCCSC(=O)C[C@@H](O)CCCCCCCCCCC(=O)O. The van der Waals surface area contributed by atoms with Crippen molar-refractivity contribution in [2.45, 2.75) is 128 Å². The molecule has 0 saturated carbocycles. The average Bonchev–Trinajstić information content (AvgIpc) is 3.78. The van der Waals surface area contributed by atoms with E-state index in [9.17, 15) is 67.8 Å². The second kappa shape index (κ2) is 26.7.